The number of anilines is 1. The van der Waals surface area contributed by atoms with Crippen LogP contribution < -0.4 is 4.31 Å². The minimum Gasteiger partial charge on any atom is -0.411 e. The lowest BCUT2D eigenvalue weighted by Crippen LogP contribution is -2.31. The molecule has 7 heteroatoms. The number of thiophene rings is 1. The zero-order valence-electron chi connectivity index (χ0n) is 11.1. The highest BCUT2D eigenvalue weighted by Gasteiger charge is 2.30. The van der Waals surface area contributed by atoms with Crippen molar-refractivity contribution < 1.29 is 13.6 Å². The second-order valence-corrected chi connectivity index (χ2v) is 7.71. The van der Waals surface area contributed by atoms with Gasteiger partial charge in [-0.3, -0.25) is 4.31 Å². The molecule has 0 amide bonds. The summed E-state index contributed by atoms with van der Waals surface area (Å²) >= 11 is 1.20. The van der Waals surface area contributed by atoms with Crippen LogP contribution in [0.1, 0.15) is 18.4 Å². The molecule has 2 aromatic rings. The quantitative estimate of drug-likeness (QED) is 0.682. The lowest BCUT2D eigenvalue weighted by atomic mass is 10.1. The number of hydrogen-bond donors (Lipinski definition) is 1. The lowest BCUT2D eigenvalue weighted by molar-refractivity contribution is 0.318. The Labute approximate surface area is 127 Å². The summed E-state index contributed by atoms with van der Waals surface area (Å²) in [6.45, 7) is 0.371. The van der Waals surface area contributed by atoms with E-state index in [-0.39, 0.29) is 0 Å². The Kier molecular flexibility index (Phi) is 3.69. The van der Waals surface area contributed by atoms with Crippen molar-refractivity contribution in [3.8, 4) is 0 Å². The van der Waals surface area contributed by atoms with Crippen molar-refractivity contribution in [2.75, 3.05) is 10.8 Å². The first kappa shape index (κ1) is 14.1. The molecule has 1 aromatic heterocycles. The van der Waals surface area contributed by atoms with Crippen LogP contribution in [0.15, 0.2) is 51.1 Å². The normalized spacial score (nSPS) is 17.5. The Morgan fingerprint density at radius 1 is 1.19 bits per heavy atom. The van der Waals surface area contributed by atoms with E-state index in [0.29, 0.717) is 40.6 Å². The Morgan fingerprint density at radius 3 is 2.71 bits per heavy atom. The van der Waals surface area contributed by atoms with Gasteiger partial charge in [-0.1, -0.05) is 29.4 Å². The van der Waals surface area contributed by atoms with Crippen LogP contribution in [0.25, 0.3) is 0 Å². The third kappa shape index (κ3) is 2.43. The predicted octanol–water partition coefficient (Wildman–Crippen LogP) is 2.92. The second-order valence-electron chi connectivity index (χ2n) is 4.68. The molecule has 0 fully saturated rings. The van der Waals surface area contributed by atoms with Gasteiger partial charge >= 0.3 is 0 Å². The van der Waals surface area contributed by atoms with E-state index in [1.807, 2.05) is 6.07 Å². The molecular weight excluding hydrogens is 308 g/mol. The molecule has 1 aromatic carbocycles. The molecule has 0 saturated carbocycles. The summed E-state index contributed by atoms with van der Waals surface area (Å²) in [5, 5.41) is 14.2. The summed E-state index contributed by atoms with van der Waals surface area (Å²) in [6, 6.07) is 10.5. The molecule has 0 saturated heterocycles. The minimum atomic E-state index is -3.57. The first-order valence-corrected chi connectivity index (χ1v) is 8.83. The average Bonchev–Trinajstić information content (AvgIpc) is 2.96. The molecule has 2 heterocycles. The van der Waals surface area contributed by atoms with Gasteiger partial charge in [-0.2, -0.15) is 0 Å². The molecular formula is C14H14N2O3S2. The Bertz CT molecular complexity index is 767. The maximum atomic E-state index is 12.8. The molecule has 0 spiro atoms. The molecule has 0 unspecified atom stereocenters. The highest BCUT2D eigenvalue weighted by atomic mass is 32.2. The Hall–Kier alpha value is -1.86. The number of hydrogen-bond acceptors (Lipinski definition) is 5. The summed E-state index contributed by atoms with van der Waals surface area (Å²) in [5.74, 6) is 0. The van der Waals surface area contributed by atoms with Gasteiger partial charge in [0.15, 0.2) is 0 Å². The number of para-hydroxylation sites is 1. The van der Waals surface area contributed by atoms with Crippen LogP contribution in [0.3, 0.4) is 0 Å². The molecule has 1 N–H and O–H groups in total. The number of fused-ring (bicyclic) bond motifs is 1. The van der Waals surface area contributed by atoms with Gasteiger partial charge in [0, 0.05) is 12.1 Å². The van der Waals surface area contributed by atoms with Crippen LogP contribution in [-0.2, 0) is 10.0 Å². The molecule has 21 heavy (non-hydrogen) atoms. The molecule has 0 bridgehead atoms. The number of rotatable bonds is 2. The molecule has 0 atom stereocenters. The van der Waals surface area contributed by atoms with E-state index in [9.17, 15) is 8.42 Å². The van der Waals surface area contributed by atoms with Gasteiger partial charge in [-0.25, -0.2) is 8.42 Å². The molecule has 0 radical (unpaired) electrons. The Balaban J connectivity index is 2.16. The molecule has 3 rings (SSSR count). The zero-order chi connectivity index (χ0) is 14.9. The largest absolute Gasteiger partial charge is 0.411 e. The maximum absolute atomic E-state index is 12.8. The van der Waals surface area contributed by atoms with Gasteiger partial charge < -0.3 is 5.21 Å². The van der Waals surface area contributed by atoms with Gasteiger partial charge in [0.25, 0.3) is 10.0 Å². The van der Waals surface area contributed by atoms with Crippen LogP contribution >= 0.6 is 11.3 Å². The van der Waals surface area contributed by atoms with Crippen LogP contribution in [0, 0.1) is 0 Å². The van der Waals surface area contributed by atoms with Crippen molar-refractivity contribution in [1.82, 2.24) is 0 Å². The standard InChI is InChI=1S/C14H14N2O3S2/c17-15-12-6-3-9-16(13-7-2-1-5-11(12)13)21(18,19)14-8-4-10-20-14/h1-2,4-5,7-8,10,17H,3,6,9H2/b15-12-. The van der Waals surface area contributed by atoms with Crippen molar-refractivity contribution in [1.29, 1.82) is 0 Å². The number of nitrogens with zero attached hydrogens (tertiary/aromatic N) is 2. The monoisotopic (exact) mass is 322 g/mol. The van der Waals surface area contributed by atoms with Crippen molar-refractivity contribution >= 4 is 32.8 Å². The van der Waals surface area contributed by atoms with E-state index in [2.05, 4.69) is 5.16 Å². The van der Waals surface area contributed by atoms with Crippen LogP contribution in [0.5, 0.6) is 0 Å². The first-order valence-electron chi connectivity index (χ1n) is 6.51. The van der Waals surface area contributed by atoms with Gasteiger partial charge in [0.2, 0.25) is 0 Å². The summed E-state index contributed by atoms with van der Waals surface area (Å²) in [4.78, 5) is 0. The number of oxime groups is 1. The third-order valence-electron chi connectivity index (χ3n) is 3.42. The smallest absolute Gasteiger partial charge is 0.273 e. The SMILES string of the molecule is O=S(=O)(c1cccs1)N1CCC/C(=N/O)c2ccccc21. The van der Waals surface area contributed by atoms with Crippen LogP contribution in [0.4, 0.5) is 5.69 Å². The summed E-state index contributed by atoms with van der Waals surface area (Å²) in [5.41, 5.74) is 1.75. The number of benzene rings is 1. The maximum Gasteiger partial charge on any atom is 0.273 e. The van der Waals surface area contributed by atoms with Gasteiger partial charge in [-0.05, 0) is 30.4 Å². The highest BCUT2D eigenvalue weighted by molar-refractivity contribution is 7.94. The van der Waals surface area contributed by atoms with Gasteiger partial charge in [-0.15, -0.1) is 11.3 Å². The summed E-state index contributed by atoms with van der Waals surface area (Å²) in [6.07, 6.45) is 1.16. The summed E-state index contributed by atoms with van der Waals surface area (Å²) in [7, 11) is -3.57. The van der Waals surface area contributed by atoms with Crippen LogP contribution in [0.2, 0.25) is 0 Å². The van der Waals surface area contributed by atoms with E-state index in [0.717, 1.165) is 0 Å². The average molecular weight is 322 g/mol. The van der Waals surface area contributed by atoms with Gasteiger partial charge in [0.05, 0.1) is 11.4 Å². The fourth-order valence-corrected chi connectivity index (χ4v) is 5.08. The minimum absolute atomic E-state index is 0.321. The topological polar surface area (TPSA) is 70.0 Å². The lowest BCUT2D eigenvalue weighted by Gasteiger charge is -2.23. The van der Waals surface area contributed by atoms with Crippen molar-refractivity contribution in [2.45, 2.75) is 17.1 Å². The first-order chi connectivity index (χ1) is 10.1. The molecule has 1 aliphatic heterocycles. The molecule has 5 nitrogen and oxygen atoms in total. The fraction of sp³-hybridized carbons (Fsp3) is 0.214. The Morgan fingerprint density at radius 2 is 2.00 bits per heavy atom. The van der Waals surface area contributed by atoms with Crippen LogP contribution in [-0.4, -0.2) is 25.9 Å². The molecule has 1 aliphatic rings. The van der Waals surface area contributed by atoms with E-state index in [1.165, 1.54) is 15.6 Å². The number of sulfonamides is 1. The van der Waals surface area contributed by atoms with E-state index >= 15 is 0 Å². The van der Waals surface area contributed by atoms with E-state index in [1.54, 1.807) is 35.7 Å². The van der Waals surface area contributed by atoms with Crippen molar-refractivity contribution in [3.63, 3.8) is 0 Å². The zero-order valence-corrected chi connectivity index (χ0v) is 12.8. The fourth-order valence-electron chi connectivity index (χ4n) is 2.45. The highest BCUT2D eigenvalue weighted by Crippen LogP contribution is 2.32. The summed E-state index contributed by atoms with van der Waals surface area (Å²) < 4.78 is 27.3. The van der Waals surface area contributed by atoms with Crippen molar-refractivity contribution in [3.05, 3.63) is 47.3 Å². The van der Waals surface area contributed by atoms with E-state index in [4.69, 9.17) is 5.21 Å². The third-order valence-corrected chi connectivity index (χ3v) is 6.60. The van der Waals surface area contributed by atoms with E-state index < -0.39 is 10.0 Å². The second kappa shape index (κ2) is 5.50. The molecule has 0 aliphatic carbocycles. The molecule has 110 valence electrons. The van der Waals surface area contributed by atoms with Gasteiger partial charge in [0.1, 0.15) is 4.21 Å². The van der Waals surface area contributed by atoms with Crippen molar-refractivity contribution in [2.24, 2.45) is 5.16 Å². The predicted molar refractivity (Wildman–Crippen MR) is 82.9 cm³/mol.